The van der Waals surface area contributed by atoms with Crippen LogP contribution in [0.25, 0.3) is 0 Å². The van der Waals surface area contributed by atoms with Gasteiger partial charge in [0.05, 0.1) is 4.90 Å². The lowest BCUT2D eigenvalue weighted by molar-refractivity contribution is 0.0924. The molecule has 21 heavy (non-hydrogen) atoms. The maximum Gasteiger partial charge on any atom is 0.262 e. The minimum atomic E-state index is -3.92. The Bertz CT molecular complexity index is 644. The Balaban J connectivity index is 3.20. The molecule has 0 saturated heterocycles. The molecule has 0 fully saturated rings. The lowest BCUT2D eigenvalue weighted by atomic mass is 10.0. The van der Waals surface area contributed by atoms with Gasteiger partial charge in [0, 0.05) is 26.8 Å². The Morgan fingerprint density at radius 2 is 1.95 bits per heavy atom. The van der Waals surface area contributed by atoms with E-state index in [2.05, 4.69) is 21.2 Å². The number of benzene rings is 1. The predicted molar refractivity (Wildman–Crippen MR) is 88.3 cm³/mol. The average molecular weight is 397 g/mol. The van der Waals surface area contributed by atoms with Crippen LogP contribution < -0.4 is 5.32 Å². The van der Waals surface area contributed by atoms with E-state index in [0.717, 1.165) is 6.42 Å². The lowest BCUT2D eigenvalue weighted by Crippen LogP contribution is -2.38. The first-order valence-corrected chi connectivity index (χ1v) is 9.73. The van der Waals surface area contributed by atoms with Crippen molar-refractivity contribution in [2.24, 2.45) is 5.92 Å². The van der Waals surface area contributed by atoms with Crippen molar-refractivity contribution in [2.45, 2.75) is 45.1 Å². The highest BCUT2D eigenvalue weighted by atomic mass is 79.9. The van der Waals surface area contributed by atoms with Crippen LogP contribution >= 0.6 is 26.6 Å². The Hall–Kier alpha value is -0.590. The molecule has 0 aromatic heterocycles. The molecule has 118 valence electrons. The molecule has 0 spiro atoms. The van der Waals surface area contributed by atoms with Crippen molar-refractivity contribution in [3.8, 4) is 0 Å². The van der Waals surface area contributed by atoms with Crippen molar-refractivity contribution in [2.75, 3.05) is 0 Å². The van der Waals surface area contributed by atoms with Crippen LogP contribution in [0.3, 0.4) is 0 Å². The van der Waals surface area contributed by atoms with E-state index in [9.17, 15) is 13.2 Å². The van der Waals surface area contributed by atoms with Gasteiger partial charge in [-0.3, -0.25) is 4.79 Å². The molecule has 1 atom stereocenters. The summed E-state index contributed by atoms with van der Waals surface area (Å²) >= 11 is 3.19. The Morgan fingerprint density at radius 3 is 2.38 bits per heavy atom. The van der Waals surface area contributed by atoms with Gasteiger partial charge in [-0.1, -0.05) is 20.8 Å². The molecule has 0 aliphatic carbocycles. The summed E-state index contributed by atoms with van der Waals surface area (Å²) in [5, 5.41) is 2.92. The summed E-state index contributed by atoms with van der Waals surface area (Å²) < 4.78 is 23.5. The minimum absolute atomic E-state index is 0.0394. The van der Waals surface area contributed by atoms with E-state index in [4.69, 9.17) is 10.7 Å². The monoisotopic (exact) mass is 395 g/mol. The number of aryl methyl sites for hydroxylation is 1. The molecule has 0 aliphatic heterocycles. The fraction of sp³-hybridized carbons (Fsp3) is 0.500. The van der Waals surface area contributed by atoms with E-state index in [-0.39, 0.29) is 22.4 Å². The van der Waals surface area contributed by atoms with E-state index in [0.29, 0.717) is 16.0 Å². The van der Waals surface area contributed by atoms with Crippen LogP contribution in [0.4, 0.5) is 0 Å². The smallest absolute Gasteiger partial charge is 0.262 e. The van der Waals surface area contributed by atoms with E-state index >= 15 is 0 Å². The summed E-state index contributed by atoms with van der Waals surface area (Å²) in [6.45, 7) is 7.75. The van der Waals surface area contributed by atoms with Crippen LogP contribution in [0.5, 0.6) is 0 Å². The fourth-order valence-electron chi connectivity index (χ4n) is 2.04. The van der Waals surface area contributed by atoms with E-state index in [1.807, 2.05) is 20.8 Å². The first-order chi connectivity index (χ1) is 9.57. The Morgan fingerprint density at radius 1 is 1.38 bits per heavy atom. The van der Waals surface area contributed by atoms with Gasteiger partial charge < -0.3 is 5.32 Å². The number of halogens is 2. The van der Waals surface area contributed by atoms with E-state index in [1.165, 1.54) is 6.07 Å². The van der Waals surface area contributed by atoms with Crippen molar-refractivity contribution in [3.05, 3.63) is 27.7 Å². The minimum Gasteiger partial charge on any atom is -0.349 e. The molecule has 0 bridgehead atoms. The van der Waals surface area contributed by atoms with Crippen molar-refractivity contribution in [1.29, 1.82) is 0 Å². The second-order valence-corrected chi connectivity index (χ2v) is 8.60. The molecule has 1 amide bonds. The van der Waals surface area contributed by atoms with Gasteiger partial charge in [0.2, 0.25) is 0 Å². The molecular weight excluding hydrogens is 378 g/mol. The third-order valence-corrected chi connectivity index (χ3v) is 5.97. The first kappa shape index (κ1) is 18.5. The number of carbonyl (C=O) groups is 1. The molecular formula is C14H19BrClNO3S. The highest BCUT2D eigenvalue weighted by molar-refractivity contribution is 9.10. The van der Waals surface area contributed by atoms with Gasteiger partial charge in [-0.2, -0.15) is 0 Å². The predicted octanol–water partition coefficient (Wildman–Crippen LogP) is 3.85. The fourth-order valence-corrected chi connectivity index (χ4v) is 4.19. The van der Waals surface area contributed by atoms with E-state index < -0.39 is 9.05 Å². The summed E-state index contributed by atoms with van der Waals surface area (Å²) in [5.41, 5.74) is 0.925. The molecule has 0 saturated carbocycles. The summed E-state index contributed by atoms with van der Waals surface area (Å²) in [4.78, 5) is 12.2. The first-order valence-electron chi connectivity index (χ1n) is 6.63. The van der Waals surface area contributed by atoms with Crippen LogP contribution in [0, 0.1) is 12.8 Å². The van der Waals surface area contributed by atoms with Crippen molar-refractivity contribution >= 4 is 41.6 Å². The zero-order chi connectivity index (χ0) is 16.4. The van der Waals surface area contributed by atoms with Gasteiger partial charge in [0.25, 0.3) is 15.0 Å². The maximum atomic E-state index is 12.3. The Labute approximate surface area is 138 Å². The molecule has 0 radical (unpaired) electrons. The number of carbonyl (C=O) groups excluding carboxylic acids is 1. The SMILES string of the molecule is CCC(NC(=O)c1cc(C)c(Br)c(S(=O)(=O)Cl)c1)C(C)C. The number of hydrogen-bond donors (Lipinski definition) is 1. The molecule has 7 heteroatoms. The summed E-state index contributed by atoms with van der Waals surface area (Å²) in [7, 11) is 1.49. The molecule has 1 aromatic rings. The quantitative estimate of drug-likeness (QED) is 0.769. The number of nitrogens with one attached hydrogen (secondary N) is 1. The largest absolute Gasteiger partial charge is 0.349 e. The van der Waals surface area contributed by atoms with Crippen molar-refractivity contribution in [1.82, 2.24) is 5.32 Å². The molecule has 1 aromatic carbocycles. The third-order valence-electron chi connectivity index (χ3n) is 3.31. The normalized spacial score (nSPS) is 13.3. The van der Waals surface area contributed by atoms with Gasteiger partial charge in [-0.15, -0.1) is 0 Å². The highest BCUT2D eigenvalue weighted by Gasteiger charge is 2.21. The topological polar surface area (TPSA) is 63.2 Å². The van der Waals surface area contributed by atoms with Gasteiger partial charge in [-0.25, -0.2) is 8.42 Å². The van der Waals surface area contributed by atoms with Crippen molar-refractivity contribution in [3.63, 3.8) is 0 Å². The molecule has 1 N–H and O–H groups in total. The number of rotatable bonds is 5. The zero-order valence-electron chi connectivity index (χ0n) is 12.4. The van der Waals surface area contributed by atoms with Crippen LogP contribution in [-0.4, -0.2) is 20.4 Å². The standard InChI is InChI=1S/C14H19BrClNO3S/c1-5-11(8(2)3)17-14(18)10-6-9(4)13(15)12(7-10)21(16,19)20/h6-8,11H,5H2,1-4H3,(H,17,18). The van der Waals surface area contributed by atoms with Gasteiger partial charge in [0.15, 0.2) is 0 Å². The maximum absolute atomic E-state index is 12.3. The second-order valence-electron chi connectivity index (χ2n) is 5.28. The summed E-state index contributed by atoms with van der Waals surface area (Å²) in [6, 6.07) is 2.97. The van der Waals surface area contributed by atoms with Crippen LogP contribution in [-0.2, 0) is 9.05 Å². The second kappa shape index (κ2) is 7.11. The molecule has 0 aliphatic rings. The zero-order valence-corrected chi connectivity index (χ0v) is 15.6. The van der Waals surface area contributed by atoms with Crippen LogP contribution in [0.15, 0.2) is 21.5 Å². The molecule has 4 nitrogen and oxygen atoms in total. The Kier molecular flexibility index (Phi) is 6.25. The van der Waals surface area contributed by atoms with E-state index in [1.54, 1.807) is 13.0 Å². The number of amides is 1. The van der Waals surface area contributed by atoms with Gasteiger partial charge >= 0.3 is 0 Å². The van der Waals surface area contributed by atoms with Gasteiger partial charge in [-0.05, 0) is 52.9 Å². The number of hydrogen-bond acceptors (Lipinski definition) is 3. The lowest BCUT2D eigenvalue weighted by Gasteiger charge is -2.21. The summed E-state index contributed by atoms with van der Waals surface area (Å²) in [5.74, 6) is -0.000517. The molecule has 1 unspecified atom stereocenters. The van der Waals surface area contributed by atoms with Gasteiger partial charge in [0.1, 0.15) is 0 Å². The average Bonchev–Trinajstić information content (AvgIpc) is 2.36. The molecule has 1 rings (SSSR count). The van der Waals surface area contributed by atoms with Crippen molar-refractivity contribution < 1.29 is 13.2 Å². The molecule has 0 heterocycles. The highest BCUT2D eigenvalue weighted by Crippen LogP contribution is 2.29. The van der Waals surface area contributed by atoms with Crippen LogP contribution in [0.1, 0.15) is 43.1 Å². The van der Waals surface area contributed by atoms with Crippen LogP contribution in [0.2, 0.25) is 0 Å². The third kappa shape index (κ3) is 4.69. The summed E-state index contributed by atoms with van der Waals surface area (Å²) in [6.07, 6.45) is 0.805.